The molecular weight excluding hydrogens is 336 g/mol. The van der Waals surface area contributed by atoms with Crippen molar-refractivity contribution in [2.45, 2.75) is 20.4 Å². The fourth-order valence-electron chi connectivity index (χ4n) is 3.61. The lowest BCUT2D eigenvalue weighted by atomic mass is 10.2. The summed E-state index contributed by atoms with van der Waals surface area (Å²) >= 11 is 0. The van der Waals surface area contributed by atoms with E-state index in [0.717, 1.165) is 61.0 Å². The molecule has 1 saturated heterocycles. The minimum Gasteiger partial charge on any atom is -0.494 e. The quantitative estimate of drug-likeness (QED) is 0.693. The van der Waals surface area contributed by atoms with Crippen molar-refractivity contribution in [3.63, 3.8) is 0 Å². The average molecular weight is 362 g/mol. The van der Waals surface area contributed by atoms with Crippen LogP contribution in [0.15, 0.2) is 48.5 Å². The van der Waals surface area contributed by atoms with Crippen molar-refractivity contribution in [1.29, 1.82) is 0 Å². The molecule has 1 aromatic heterocycles. The Morgan fingerprint density at radius 3 is 2.22 bits per heavy atom. The van der Waals surface area contributed by atoms with E-state index in [1.54, 1.807) is 0 Å². The van der Waals surface area contributed by atoms with Gasteiger partial charge in [-0.25, -0.2) is 9.97 Å². The number of hydrogen-bond acceptors (Lipinski definition) is 5. The third kappa shape index (κ3) is 4.03. The lowest BCUT2D eigenvalue weighted by molar-refractivity contribution is 0.249. The number of nitrogens with zero attached hydrogens (tertiary/aromatic N) is 4. The van der Waals surface area contributed by atoms with E-state index >= 15 is 0 Å². The first-order valence-corrected chi connectivity index (χ1v) is 9.65. The first kappa shape index (κ1) is 17.7. The third-order valence-electron chi connectivity index (χ3n) is 5.03. The third-order valence-corrected chi connectivity index (χ3v) is 5.03. The molecule has 0 aliphatic carbocycles. The van der Waals surface area contributed by atoms with E-state index < -0.39 is 0 Å². The van der Waals surface area contributed by atoms with Gasteiger partial charge in [-0.05, 0) is 43.7 Å². The molecule has 1 aliphatic heterocycles. The molecule has 0 bridgehead atoms. The van der Waals surface area contributed by atoms with Crippen molar-refractivity contribution in [3.8, 4) is 5.75 Å². The normalized spacial score (nSPS) is 15.3. The topological polar surface area (TPSA) is 41.5 Å². The molecular formula is C22H26N4O. The van der Waals surface area contributed by atoms with Gasteiger partial charge in [0.15, 0.2) is 5.82 Å². The van der Waals surface area contributed by atoms with Crippen molar-refractivity contribution in [2.75, 3.05) is 37.7 Å². The molecule has 0 N–H and O–H groups in total. The van der Waals surface area contributed by atoms with Crippen molar-refractivity contribution in [2.24, 2.45) is 0 Å². The smallest absolute Gasteiger partial charge is 0.150 e. The van der Waals surface area contributed by atoms with Gasteiger partial charge in [0.05, 0.1) is 23.3 Å². The maximum Gasteiger partial charge on any atom is 0.150 e. The highest BCUT2D eigenvalue weighted by Crippen LogP contribution is 2.22. The molecule has 0 saturated carbocycles. The standard InChI is InChI=1S/C22H26N4O/c1-3-27-19-10-8-18(9-11-19)16-25-12-14-26(15-13-25)22-17(2)23-20-6-4-5-7-21(20)24-22/h4-11H,3,12-16H2,1-2H3. The Kier molecular flexibility index (Phi) is 5.21. The Balaban J connectivity index is 1.39. The largest absolute Gasteiger partial charge is 0.494 e. The van der Waals surface area contributed by atoms with Crippen LogP contribution in [0.1, 0.15) is 18.2 Å². The molecule has 0 unspecified atom stereocenters. The van der Waals surface area contributed by atoms with Crippen LogP contribution in [-0.2, 0) is 6.54 Å². The molecule has 3 aromatic rings. The van der Waals surface area contributed by atoms with E-state index in [0.29, 0.717) is 6.61 Å². The predicted molar refractivity (Wildman–Crippen MR) is 109 cm³/mol. The summed E-state index contributed by atoms with van der Waals surface area (Å²) in [5.74, 6) is 1.96. The summed E-state index contributed by atoms with van der Waals surface area (Å²) in [6, 6.07) is 16.5. The lowest BCUT2D eigenvalue weighted by Crippen LogP contribution is -2.46. The second-order valence-corrected chi connectivity index (χ2v) is 6.96. The van der Waals surface area contributed by atoms with Crippen molar-refractivity contribution >= 4 is 16.9 Å². The van der Waals surface area contributed by atoms with Crippen molar-refractivity contribution in [1.82, 2.24) is 14.9 Å². The minimum absolute atomic E-state index is 0.707. The zero-order chi connectivity index (χ0) is 18.6. The van der Waals surface area contributed by atoms with Crippen molar-refractivity contribution < 1.29 is 4.74 Å². The molecule has 4 rings (SSSR count). The number of rotatable bonds is 5. The number of piperazine rings is 1. The molecule has 0 spiro atoms. The maximum atomic E-state index is 5.52. The van der Waals surface area contributed by atoms with E-state index in [4.69, 9.17) is 14.7 Å². The average Bonchev–Trinajstić information content (AvgIpc) is 2.70. The van der Waals surface area contributed by atoms with Gasteiger partial charge in [0.2, 0.25) is 0 Å². The van der Waals surface area contributed by atoms with Crippen LogP contribution < -0.4 is 9.64 Å². The number of aromatic nitrogens is 2. The number of fused-ring (bicyclic) bond motifs is 1. The SMILES string of the molecule is CCOc1ccc(CN2CCN(c3nc4ccccc4nc3C)CC2)cc1. The maximum absolute atomic E-state index is 5.52. The van der Waals surface area contributed by atoms with Crippen LogP contribution in [0.5, 0.6) is 5.75 Å². The number of ether oxygens (including phenoxy) is 1. The highest BCUT2D eigenvalue weighted by molar-refractivity contribution is 5.76. The summed E-state index contributed by atoms with van der Waals surface area (Å²) in [7, 11) is 0. The molecule has 1 fully saturated rings. The number of para-hydroxylation sites is 2. The van der Waals surface area contributed by atoms with Crippen LogP contribution in [0.4, 0.5) is 5.82 Å². The fourth-order valence-corrected chi connectivity index (χ4v) is 3.61. The second-order valence-electron chi connectivity index (χ2n) is 6.96. The lowest BCUT2D eigenvalue weighted by Gasteiger charge is -2.36. The van der Waals surface area contributed by atoms with Gasteiger partial charge in [-0.3, -0.25) is 4.90 Å². The molecule has 5 nitrogen and oxygen atoms in total. The van der Waals surface area contributed by atoms with Crippen molar-refractivity contribution in [3.05, 3.63) is 59.8 Å². The molecule has 0 atom stereocenters. The molecule has 2 heterocycles. The molecule has 27 heavy (non-hydrogen) atoms. The second kappa shape index (κ2) is 7.92. The Morgan fingerprint density at radius 2 is 1.56 bits per heavy atom. The first-order chi connectivity index (χ1) is 13.2. The van der Waals surface area contributed by atoms with Crippen LogP contribution in [0, 0.1) is 6.92 Å². The van der Waals surface area contributed by atoms with Crippen LogP contribution in [0.25, 0.3) is 11.0 Å². The number of hydrogen-bond donors (Lipinski definition) is 0. The van der Waals surface area contributed by atoms with Gasteiger partial charge in [0, 0.05) is 32.7 Å². The van der Waals surface area contributed by atoms with E-state index in [1.807, 2.05) is 31.2 Å². The van der Waals surface area contributed by atoms with Crippen LogP contribution >= 0.6 is 0 Å². The summed E-state index contributed by atoms with van der Waals surface area (Å²) in [5.41, 5.74) is 4.27. The van der Waals surface area contributed by atoms with Gasteiger partial charge < -0.3 is 9.64 Å². The van der Waals surface area contributed by atoms with E-state index in [2.05, 4.69) is 41.0 Å². The zero-order valence-corrected chi connectivity index (χ0v) is 16.1. The van der Waals surface area contributed by atoms with Gasteiger partial charge in [-0.1, -0.05) is 24.3 Å². The van der Waals surface area contributed by atoms with Gasteiger partial charge in [-0.15, -0.1) is 0 Å². The van der Waals surface area contributed by atoms with E-state index in [9.17, 15) is 0 Å². The number of aryl methyl sites for hydroxylation is 1. The molecule has 0 radical (unpaired) electrons. The first-order valence-electron chi connectivity index (χ1n) is 9.65. The van der Waals surface area contributed by atoms with E-state index in [-0.39, 0.29) is 0 Å². The Morgan fingerprint density at radius 1 is 0.889 bits per heavy atom. The van der Waals surface area contributed by atoms with Crippen LogP contribution in [0.3, 0.4) is 0 Å². The van der Waals surface area contributed by atoms with Gasteiger partial charge in [0.25, 0.3) is 0 Å². The Labute approximate surface area is 160 Å². The molecule has 1 aliphatic rings. The fraction of sp³-hybridized carbons (Fsp3) is 0.364. The van der Waals surface area contributed by atoms with Crippen LogP contribution in [-0.4, -0.2) is 47.7 Å². The molecule has 2 aromatic carbocycles. The number of anilines is 1. The van der Waals surface area contributed by atoms with Gasteiger partial charge in [0.1, 0.15) is 5.75 Å². The summed E-state index contributed by atoms with van der Waals surface area (Å²) in [4.78, 5) is 14.5. The highest BCUT2D eigenvalue weighted by Gasteiger charge is 2.20. The molecule has 140 valence electrons. The summed E-state index contributed by atoms with van der Waals surface area (Å²) in [5, 5.41) is 0. The predicted octanol–water partition coefficient (Wildman–Crippen LogP) is 3.66. The summed E-state index contributed by atoms with van der Waals surface area (Å²) in [6.07, 6.45) is 0. The Bertz CT molecular complexity index is 902. The van der Waals surface area contributed by atoms with E-state index in [1.165, 1.54) is 5.56 Å². The van der Waals surface area contributed by atoms with Gasteiger partial charge >= 0.3 is 0 Å². The van der Waals surface area contributed by atoms with Crippen LogP contribution in [0.2, 0.25) is 0 Å². The summed E-state index contributed by atoms with van der Waals surface area (Å²) < 4.78 is 5.52. The highest BCUT2D eigenvalue weighted by atomic mass is 16.5. The minimum atomic E-state index is 0.707. The monoisotopic (exact) mass is 362 g/mol. The number of benzene rings is 2. The molecule has 0 amide bonds. The Hall–Kier alpha value is -2.66. The summed E-state index contributed by atoms with van der Waals surface area (Å²) in [6.45, 7) is 9.76. The zero-order valence-electron chi connectivity index (χ0n) is 16.1. The van der Waals surface area contributed by atoms with Gasteiger partial charge in [-0.2, -0.15) is 0 Å². The molecule has 5 heteroatoms.